The highest BCUT2D eigenvalue weighted by Gasteiger charge is 2.18. The van der Waals surface area contributed by atoms with Crippen LogP contribution in [0.2, 0.25) is 0 Å². The van der Waals surface area contributed by atoms with Crippen molar-refractivity contribution in [3.8, 4) is 0 Å². The fraction of sp³-hybridized carbons (Fsp3) is 0.400. The molecular formula is C10H11NO3. The van der Waals surface area contributed by atoms with Gasteiger partial charge in [0.15, 0.2) is 0 Å². The average molecular weight is 193 g/mol. The first-order chi connectivity index (χ1) is 6.66. The fourth-order valence-electron chi connectivity index (χ4n) is 1.84. The molecule has 1 aromatic rings. The minimum absolute atomic E-state index is 0.109. The third-order valence-corrected chi connectivity index (χ3v) is 2.60. The molecule has 1 aliphatic carbocycles. The van der Waals surface area contributed by atoms with E-state index in [0.717, 1.165) is 24.0 Å². The van der Waals surface area contributed by atoms with E-state index in [1.54, 1.807) is 12.1 Å². The predicted octanol–water partition coefficient (Wildman–Crippen LogP) is 1.44. The first-order valence-corrected chi connectivity index (χ1v) is 4.61. The van der Waals surface area contributed by atoms with Crippen LogP contribution < -0.4 is 0 Å². The molecule has 1 aliphatic rings. The molecule has 1 N–H and O–H groups in total. The van der Waals surface area contributed by atoms with Crippen LogP contribution in [-0.2, 0) is 12.8 Å². The number of rotatable bonds is 1. The van der Waals surface area contributed by atoms with Gasteiger partial charge in [0.2, 0.25) is 0 Å². The number of nitro benzene ring substituents is 1. The SMILES string of the molecule is O=[N+]([O-])c1ccc2c(c1)CC(O)CC2. The van der Waals surface area contributed by atoms with Gasteiger partial charge in [0.05, 0.1) is 11.0 Å². The van der Waals surface area contributed by atoms with E-state index in [1.807, 2.05) is 0 Å². The number of fused-ring (bicyclic) bond motifs is 1. The molecule has 0 saturated heterocycles. The summed E-state index contributed by atoms with van der Waals surface area (Å²) in [4.78, 5) is 10.1. The van der Waals surface area contributed by atoms with E-state index in [-0.39, 0.29) is 11.8 Å². The topological polar surface area (TPSA) is 63.4 Å². The molecule has 0 amide bonds. The number of hydrogen-bond acceptors (Lipinski definition) is 3. The molecule has 0 spiro atoms. The molecule has 0 aromatic heterocycles. The van der Waals surface area contributed by atoms with Crippen molar-refractivity contribution in [3.63, 3.8) is 0 Å². The second-order valence-corrected chi connectivity index (χ2v) is 3.61. The minimum Gasteiger partial charge on any atom is -0.393 e. The first kappa shape index (κ1) is 9.15. The van der Waals surface area contributed by atoms with Gasteiger partial charge in [-0.05, 0) is 30.4 Å². The van der Waals surface area contributed by atoms with E-state index < -0.39 is 4.92 Å². The number of benzene rings is 1. The highest BCUT2D eigenvalue weighted by Crippen LogP contribution is 2.25. The van der Waals surface area contributed by atoms with Gasteiger partial charge in [-0.1, -0.05) is 6.07 Å². The fourth-order valence-corrected chi connectivity index (χ4v) is 1.84. The molecule has 14 heavy (non-hydrogen) atoms. The molecule has 1 unspecified atom stereocenters. The van der Waals surface area contributed by atoms with Gasteiger partial charge in [-0.3, -0.25) is 10.1 Å². The van der Waals surface area contributed by atoms with E-state index >= 15 is 0 Å². The highest BCUT2D eigenvalue weighted by atomic mass is 16.6. The van der Waals surface area contributed by atoms with Crippen molar-refractivity contribution in [2.45, 2.75) is 25.4 Å². The zero-order chi connectivity index (χ0) is 10.1. The monoisotopic (exact) mass is 193 g/mol. The van der Waals surface area contributed by atoms with Gasteiger partial charge >= 0.3 is 0 Å². The summed E-state index contributed by atoms with van der Waals surface area (Å²) in [5, 5.41) is 19.9. The molecule has 0 bridgehead atoms. The zero-order valence-electron chi connectivity index (χ0n) is 7.64. The van der Waals surface area contributed by atoms with Crippen molar-refractivity contribution in [1.82, 2.24) is 0 Å². The third-order valence-electron chi connectivity index (χ3n) is 2.60. The summed E-state index contributed by atoms with van der Waals surface area (Å²) >= 11 is 0. The average Bonchev–Trinajstić information content (AvgIpc) is 2.16. The van der Waals surface area contributed by atoms with Crippen molar-refractivity contribution < 1.29 is 10.0 Å². The Kier molecular flexibility index (Phi) is 2.21. The molecule has 74 valence electrons. The maximum absolute atomic E-state index is 10.5. The Morgan fingerprint density at radius 2 is 2.21 bits per heavy atom. The van der Waals surface area contributed by atoms with Gasteiger partial charge in [0.25, 0.3) is 5.69 Å². The van der Waals surface area contributed by atoms with Gasteiger partial charge in [-0.15, -0.1) is 0 Å². The molecule has 0 fully saturated rings. The minimum atomic E-state index is -0.402. The predicted molar refractivity (Wildman–Crippen MR) is 51.1 cm³/mol. The summed E-state index contributed by atoms with van der Waals surface area (Å²) < 4.78 is 0. The second-order valence-electron chi connectivity index (χ2n) is 3.61. The van der Waals surface area contributed by atoms with Gasteiger partial charge < -0.3 is 5.11 Å². The van der Waals surface area contributed by atoms with Crippen molar-refractivity contribution in [2.75, 3.05) is 0 Å². The van der Waals surface area contributed by atoms with E-state index in [2.05, 4.69) is 0 Å². The lowest BCUT2D eigenvalue weighted by Gasteiger charge is -2.19. The molecular weight excluding hydrogens is 182 g/mol. The Bertz CT molecular complexity index is 376. The molecule has 0 heterocycles. The molecule has 0 saturated carbocycles. The van der Waals surface area contributed by atoms with Crippen molar-refractivity contribution in [2.24, 2.45) is 0 Å². The number of non-ortho nitro benzene ring substituents is 1. The zero-order valence-corrected chi connectivity index (χ0v) is 7.64. The number of aryl methyl sites for hydroxylation is 1. The van der Waals surface area contributed by atoms with E-state index in [4.69, 9.17) is 0 Å². The highest BCUT2D eigenvalue weighted by molar-refractivity contribution is 5.41. The summed E-state index contributed by atoms with van der Waals surface area (Å²) in [5.74, 6) is 0. The second kappa shape index (κ2) is 3.38. The quantitative estimate of drug-likeness (QED) is 0.542. The largest absolute Gasteiger partial charge is 0.393 e. The molecule has 0 radical (unpaired) electrons. The van der Waals surface area contributed by atoms with Crippen LogP contribution in [0.4, 0.5) is 5.69 Å². The Labute approximate surface area is 81.3 Å². The molecule has 0 aliphatic heterocycles. The summed E-state index contributed by atoms with van der Waals surface area (Å²) in [6.45, 7) is 0. The lowest BCUT2D eigenvalue weighted by atomic mass is 9.89. The van der Waals surface area contributed by atoms with E-state index in [1.165, 1.54) is 6.07 Å². The number of nitro groups is 1. The van der Waals surface area contributed by atoms with Crippen molar-refractivity contribution in [3.05, 3.63) is 39.4 Å². The molecule has 1 atom stereocenters. The molecule has 4 nitrogen and oxygen atoms in total. The number of hydrogen-bond donors (Lipinski definition) is 1. The van der Waals surface area contributed by atoms with Crippen molar-refractivity contribution >= 4 is 5.69 Å². The molecule has 1 aromatic carbocycles. The van der Waals surface area contributed by atoms with Crippen LogP contribution in [0.5, 0.6) is 0 Å². The Morgan fingerprint density at radius 3 is 2.93 bits per heavy atom. The maximum atomic E-state index is 10.5. The Hall–Kier alpha value is -1.42. The van der Waals surface area contributed by atoms with Gasteiger partial charge in [0.1, 0.15) is 0 Å². The standard InChI is InChI=1S/C10H11NO3/c12-10-4-2-7-1-3-9(11(13)14)5-8(7)6-10/h1,3,5,10,12H,2,4,6H2. The van der Waals surface area contributed by atoms with E-state index in [0.29, 0.717) is 6.42 Å². The Balaban J connectivity index is 2.37. The lowest BCUT2D eigenvalue weighted by Crippen LogP contribution is -2.18. The van der Waals surface area contributed by atoms with Gasteiger partial charge in [0, 0.05) is 12.1 Å². The Morgan fingerprint density at radius 1 is 1.43 bits per heavy atom. The maximum Gasteiger partial charge on any atom is 0.269 e. The summed E-state index contributed by atoms with van der Waals surface area (Å²) in [6.07, 6.45) is 1.76. The van der Waals surface area contributed by atoms with Crippen LogP contribution >= 0.6 is 0 Å². The van der Waals surface area contributed by atoms with Crippen LogP contribution in [0.3, 0.4) is 0 Å². The lowest BCUT2D eigenvalue weighted by molar-refractivity contribution is -0.384. The summed E-state index contributed by atoms with van der Waals surface area (Å²) in [6, 6.07) is 4.88. The van der Waals surface area contributed by atoms with Crippen LogP contribution in [0.15, 0.2) is 18.2 Å². The smallest absolute Gasteiger partial charge is 0.269 e. The third kappa shape index (κ3) is 1.61. The van der Waals surface area contributed by atoms with Gasteiger partial charge in [-0.2, -0.15) is 0 Å². The summed E-state index contributed by atoms with van der Waals surface area (Å²) in [5.41, 5.74) is 2.15. The van der Waals surface area contributed by atoms with Crippen LogP contribution in [-0.4, -0.2) is 16.1 Å². The number of nitrogens with zero attached hydrogens (tertiary/aromatic N) is 1. The van der Waals surface area contributed by atoms with Crippen LogP contribution in [0.1, 0.15) is 17.5 Å². The number of aliphatic hydroxyl groups excluding tert-OH is 1. The normalized spacial score (nSPS) is 20.2. The molecule has 2 rings (SSSR count). The van der Waals surface area contributed by atoms with E-state index in [9.17, 15) is 15.2 Å². The summed E-state index contributed by atoms with van der Waals surface area (Å²) in [7, 11) is 0. The molecule has 4 heteroatoms. The first-order valence-electron chi connectivity index (χ1n) is 4.61. The van der Waals surface area contributed by atoms with Crippen LogP contribution in [0.25, 0.3) is 0 Å². The number of aliphatic hydroxyl groups is 1. The van der Waals surface area contributed by atoms with Crippen molar-refractivity contribution in [1.29, 1.82) is 0 Å². The van der Waals surface area contributed by atoms with Gasteiger partial charge in [-0.25, -0.2) is 0 Å². The van der Waals surface area contributed by atoms with Crippen LogP contribution in [0, 0.1) is 10.1 Å².